The summed E-state index contributed by atoms with van der Waals surface area (Å²) in [5.41, 5.74) is 5.18. The fourth-order valence-corrected chi connectivity index (χ4v) is 2.56. The van der Waals surface area contributed by atoms with E-state index >= 15 is 0 Å². The first-order valence-corrected chi connectivity index (χ1v) is 6.69. The maximum absolute atomic E-state index is 13.0. The highest BCUT2D eigenvalue weighted by Gasteiger charge is 2.34. The van der Waals surface area contributed by atoms with Crippen LogP contribution in [0.3, 0.4) is 0 Å². The summed E-state index contributed by atoms with van der Waals surface area (Å²) in [6.45, 7) is 1.86. The molecule has 0 atom stereocenters. The molecule has 0 spiro atoms. The first-order chi connectivity index (χ1) is 9.40. The standard InChI is InChI=1S/C14H19F3N2O/c15-14(16,17)13-7-12(18)2-1-11(13)8-19-5-3-10(9-20)4-6-19/h1-2,7,10,20H,3-6,8-9,18H2. The number of rotatable bonds is 3. The fraction of sp³-hybridized carbons (Fsp3) is 0.571. The van der Waals surface area contributed by atoms with Crippen molar-refractivity contribution in [3.63, 3.8) is 0 Å². The van der Waals surface area contributed by atoms with Crippen LogP contribution >= 0.6 is 0 Å². The van der Waals surface area contributed by atoms with Crippen molar-refractivity contribution < 1.29 is 18.3 Å². The molecule has 1 aromatic rings. The Bertz CT molecular complexity index is 454. The number of benzene rings is 1. The zero-order valence-electron chi connectivity index (χ0n) is 11.2. The van der Waals surface area contributed by atoms with Gasteiger partial charge in [0.2, 0.25) is 0 Å². The number of alkyl halides is 3. The number of aliphatic hydroxyl groups excluding tert-OH is 1. The average Bonchev–Trinajstić information content (AvgIpc) is 2.40. The first-order valence-electron chi connectivity index (χ1n) is 6.69. The Labute approximate surface area is 116 Å². The second kappa shape index (κ2) is 6.01. The average molecular weight is 288 g/mol. The van der Waals surface area contributed by atoms with Crippen LogP contribution in [0.1, 0.15) is 24.0 Å². The van der Waals surface area contributed by atoms with Gasteiger partial charge in [-0.1, -0.05) is 6.07 Å². The van der Waals surface area contributed by atoms with Gasteiger partial charge in [0.25, 0.3) is 0 Å². The van der Waals surface area contributed by atoms with Crippen molar-refractivity contribution in [2.24, 2.45) is 5.92 Å². The molecule has 1 aliphatic rings. The van der Waals surface area contributed by atoms with Crippen LogP contribution in [0.4, 0.5) is 18.9 Å². The molecule has 3 nitrogen and oxygen atoms in total. The Morgan fingerprint density at radius 2 is 1.90 bits per heavy atom. The van der Waals surface area contributed by atoms with E-state index in [2.05, 4.69) is 0 Å². The molecule has 1 saturated heterocycles. The van der Waals surface area contributed by atoms with E-state index in [1.54, 1.807) is 0 Å². The summed E-state index contributed by atoms with van der Waals surface area (Å²) < 4.78 is 39.0. The Hall–Kier alpha value is -1.27. The molecule has 2 rings (SSSR count). The Kier molecular flexibility index (Phi) is 4.55. The van der Waals surface area contributed by atoms with Crippen molar-refractivity contribution in [1.29, 1.82) is 0 Å². The molecule has 0 saturated carbocycles. The number of hydrogen-bond donors (Lipinski definition) is 2. The van der Waals surface area contributed by atoms with Gasteiger partial charge in [0, 0.05) is 18.8 Å². The Morgan fingerprint density at radius 1 is 1.25 bits per heavy atom. The second-order valence-corrected chi connectivity index (χ2v) is 5.32. The molecular weight excluding hydrogens is 269 g/mol. The van der Waals surface area contributed by atoms with Gasteiger partial charge >= 0.3 is 6.18 Å². The van der Waals surface area contributed by atoms with Crippen LogP contribution in [0, 0.1) is 5.92 Å². The number of nitrogens with zero attached hydrogens (tertiary/aromatic N) is 1. The minimum Gasteiger partial charge on any atom is -0.399 e. The normalized spacial score (nSPS) is 18.4. The lowest BCUT2D eigenvalue weighted by atomic mass is 9.97. The van der Waals surface area contributed by atoms with E-state index in [9.17, 15) is 13.2 Å². The van der Waals surface area contributed by atoms with Crippen molar-refractivity contribution in [2.45, 2.75) is 25.6 Å². The van der Waals surface area contributed by atoms with E-state index < -0.39 is 11.7 Å². The van der Waals surface area contributed by atoms with Crippen molar-refractivity contribution in [3.05, 3.63) is 29.3 Å². The number of hydrogen-bond acceptors (Lipinski definition) is 3. The summed E-state index contributed by atoms with van der Waals surface area (Å²) >= 11 is 0. The van der Waals surface area contributed by atoms with Gasteiger partial charge in [-0.3, -0.25) is 4.90 Å². The third-order valence-corrected chi connectivity index (χ3v) is 3.80. The summed E-state index contributed by atoms with van der Waals surface area (Å²) in [6, 6.07) is 3.96. The van der Waals surface area contributed by atoms with Crippen LogP contribution in [0.15, 0.2) is 18.2 Å². The SMILES string of the molecule is Nc1ccc(CN2CCC(CO)CC2)c(C(F)(F)F)c1. The van der Waals surface area contributed by atoms with Crippen LogP contribution in [-0.2, 0) is 12.7 Å². The number of aliphatic hydroxyl groups is 1. The molecule has 0 radical (unpaired) electrons. The molecule has 1 heterocycles. The topological polar surface area (TPSA) is 49.5 Å². The molecule has 1 aliphatic heterocycles. The highest BCUT2D eigenvalue weighted by atomic mass is 19.4. The lowest BCUT2D eigenvalue weighted by molar-refractivity contribution is -0.138. The van der Waals surface area contributed by atoms with Crippen LogP contribution in [0.5, 0.6) is 0 Å². The molecular formula is C14H19F3N2O. The van der Waals surface area contributed by atoms with E-state index in [1.807, 2.05) is 4.90 Å². The minimum atomic E-state index is -4.38. The highest BCUT2D eigenvalue weighted by molar-refractivity contribution is 5.46. The second-order valence-electron chi connectivity index (χ2n) is 5.32. The van der Waals surface area contributed by atoms with Crippen molar-refractivity contribution in [3.8, 4) is 0 Å². The summed E-state index contributed by atoms with van der Waals surface area (Å²) in [6.07, 6.45) is -2.73. The molecule has 1 fully saturated rings. The quantitative estimate of drug-likeness (QED) is 0.840. The maximum Gasteiger partial charge on any atom is 0.416 e. The molecule has 3 N–H and O–H groups in total. The largest absolute Gasteiger partial charge is 0.416 e. The van der Waals surface area contributed by atoms with Crippen molar-refractivity contribution >= 4 is 5.69 Å². The molecule has 0 aliphatic carbocycles. The smallest absolute Gasteiger partial charge is 0.399 e. The third kappa shape index (κ3) is 3.64. The van der Waals surface area contributed by atoms with Gasteiger partial charge in [-0.2, -0.15) is 13.2 Å². The predicted octanol–water partition coefficient (Wildman–Crippen LogP) is 2.49. The van der Waals surface area contributed by atoms with E-state index in [0.717, 1.165) is 18.9 Å². The molecule has 0 bridgehead atoms. The number of anilines is 1. The molecule has 20 heavy (non-hydrogen) atoms. The Morgan fingerprint density at radius 3 is 2.45 bits per heavy atom. The van der Waals surface area contributed by atoms with Gasteiger partial charge in [0.1, 0.15) is 0 Å². The fourth-order valence-electron chi connectivity index (χ4n) is 2.56. The molecule has 0 aromatic heterocycles. The summed E-state index contributed by atoms with van der Waals surface area (Å²) in [4.78, 5) is 1.99. The minimum absolute atomic E-state index is 0.125. The number of likely N-dealkylation sites (tertiary alicyclic amines) is 1. The van der Waals surface area contributed by atoms with E-state index in [4.69, 9.17) is 10.8 Å². The molecule has 0 amide bonds. The monoisotopic (exact) mass is 288 g/mol. The number of nitrogen functional groups attached to an aromatic ring is 1. The number of nitrogens with two attached hydrogens (primary N) is 1. The summed E-state index contributed by atoms with van der Waals surface area (Å²) in [5.74, 6) is 0.278. The molecule has 1 aromatic carbocycles. The maximum atomic E-state index is 13.0. The summed E-state index contributed by atoms with van der Waals surface area (Å²) in [5, 5.41) is 9.07. The molecule has 112 valence electrons. The van der Waals surface area contributed by atoms with Gasteiger partial charge in [-0.25, -0.2) is 0 Å². The predicted molar refractivity (Wildman–Crippen MR) is 70.9 cm³/mol. The van der Waals surface area contributed by atoms with Crippen molar-refractivity contribution in [1.82, 2.24) is 4.90 Å². The van der Waals surface area contributed by atoms with Crippen LogP contribution in [0.25, 0.3) is 0 Å². The van der Waals surface area contributed by atoms with E-state index in [1.165, 1.54) is 12.1 Å². The lowest BCUT2D eigenvalue weighted by Gasteiger charge is -2.31. The summed E-state index contributed by atoms with van der Waals surface area (Å²) in [7, 11) is 0. The van der Waals surface area contributed by atoms with Gasteiger partial charge in [-0.15, -0.1) is 0 Å². The Balaban J connectivity index is 2.10. The zero-order chi connectivity index (χ0) is 14.8. The number of halogens is 3. The first kappa shape index (κ1) is 15.1. The molecule has 6 heteroatoms. The van der Waals surface area contributed by atoms with Gasteiger partial charge in [0.15, 0.2) is 0 Å². The highest BCUT2D eigenvalue weighted by Crippen LogP contribution is 2.34. The van der Waals surface area contributed by atoms with Crippen LogP contribution in [-0.4, -0.2) is 29.7 Å². The zero-order valence-corrected chi connectivity index (χ0v) is 11.2. The van der Waals surface area contributed by atoms with Crippen LogP contribution < -0.4 is 5.73 Å². The van der Waals surface area contributed by atoms with E-state index in [0.29, 0.717) is 13.1 Å². The molecule has 0 unspecified atom stereocenters. The number of piperidine rings is 1. The lowest BCUT2D eigenvalue weighted by Crippen LogP contribution is -2.34. The van der Waals surface area contributed by atoms with Gasteiger partial charge < -0.3 is 10.8 Å². The van der Waals surface area contributed by atoms with E-state index in [-0.39, 0.29) is 30.3 Å². The third-order valence-electron chi connectivity index (χ3n) is 3.80. The van der Waals surface area contributed by atoms with Crippen molar-refractivity contribution in [2.75, 3.05) is 25.4 Å². The van der Waals surface area contributed by atoms with Gasteiger partial charge in [0.05, 0.1) is 5.56 Å². The van der Waals surface area contributed by atoms with Gasteiger partial charge in [-0.05, 0) is 49.5 Å². The van der Waals surface area contributed by atoms with Crippen LogP contribution in [0.2, 0.25) is 0 Å².